The molecule has 3 heterocycles. The average molecular weight is 429 g/mol. The number of nitrogens with zero attached hydrogens (tertiary/aromatic N) is 4. The number of nitriles is 1. The van der Waals surface area contributed by atoms with Gasteiger partial charge in [0.1, 0.15) is 6.04 Å². The lowest BCUT2D eigenvalue weighted by atomic mass is 10.1. The van der Waals surface area contributed by atoms with E-state index >= 15 is 0 Å². The van der Waals surface area contributed by atoms with Crippen molar-refractivity contribution in [2.75, 3.05) is 49.4 Å². The highest BCUT2D eigenvalue weighted by Gasteiger charge is 2.29. The van der Waals surface area contributed by atoms with E-state index in [1.165, 1.54) is 16.7 Å². The van der Waals surface area contributed by atoms with Crippen LogP contribution in [-0.2, 0) is 9.53 Å². The van der Waals surface area contributed by atoms with Gasteiger partial charge in [-0.25, -0.2) is 4.39 Å². The van der Waals surface area contributed by atoms with E-state index in [4.69, 9.17) is 10.00 Å². The number of ether oxygens (including phenoxy) is 1. The predicted octanol–water partition coefficient (Wildman–Crippen LogP) is 1.37. The van der Waals surface area contributed by atoms with Gasteiger partial charge in [0, 0.05) is 29.9 Å². The van der Waals surface area contributed by atoms with Crippen molar-refractivity contribution >= 4 is 40.2 Å². The monoisotopic (exact) mass is 429 g/mol. The lowest BCUT2D eigenvalue weighted by Crippen LogP contribution is -2.42. The molecule has 2 amide bonds. The summed E-state index contributed by atoms with van der Waals surface area (Å²) in [5, 5.41) is 12.0. The topological polar surface area (TPSA) is 98.6 Å². The Kier molecular flexibility index (Phi) is 6.01. The summed E-state index contributed by atoms with van der Waals surface area (Å²) in [5.41, 5.74) is 1.20. The van der Waals surface area contributed by atoms with Gasteiger partial charge in [0.15, 0.2) is 5.82 Å². The Balaban J connectivity index is 1.56. The molecule has 0 aliphatic carbocycles. The maximum Gasteiger partial charge on any atom is 0.255 e. The van der Waals surface area contributed by atoms with E-state index in [0.29, 0.717) is 48.8 Å². The first-order valence-electron chi connectivity index (χ1n) is 9.54. The van der Waals surface area contributed by atoms with Crippen molar-refractivity contribution in [2.45, 2.75) is 6.04 Å². The standard InChI is InChI=1S/C20H20FN5O3S/c21-16-9-23-17-2-1-13(25-3-5-29-6-4-25)7-15(17)19(16)20(28)24-10-18(27)26-12-30-11-14(26)8-22/h1-2,7,9,14H,3-6,10-12H2,(H,24,28). The van der Waals surface area contributed by atoms with Gasteiger partial charge < -0.3 is 19.9 Å². The highest BCUT2D eigenvalue weighted by atomic mass is 32.2. The van der Waals surface area contributed by atoms with Gasteiger partial charge in [0.25, 0.3) is 5.91 Å². The van der Waals surface area contributed by atoms with Crippen LogP contribution in [0.4, 0.5) is 10.1 Å². The van der Waals surface area contributed by atoms with Crippen LogP contribution in [0, 0.1) is 17.1 Å². The molecule has 2 aliphatic rings. The van der Waals surface area contributed by atoms with Crippen molar-refractivity contribution in [2.24, 2.45) is 0 Å². The van der Waals surface area contributed by atoms with E-state index in [0.717, 1.165) is 11.9 Å². The van der Waals surface area contributed by atoms with Crippen molar-refractivity contribution in [1.82, 2.24) is 15.2 Å². The highest BCUT2D eigenvalue weighted by molar-refractivity contribution is 7.99. The number of anilines is 1. The molecule has 1 N–H and O–H groups in total. The molecule has 0 spiro atoms. The Morgan fingerprint density at radius 3 is 2.93 bits per heavy atom. The number of nitrogens with one attached hydrogen (secondary N) is 1. The van der Waals surface area contributed by atoms with Crippen molar-refractivity contribution in [3.05, 3.63) is 35.8 Å². The van der Waals surface area contributed by atoms with Gasteiger partial charge in [-0.2, -0.15) is 5.26 Å². The van der Waals surface area contributed by atoms with Crippen LogP contribution in [-0.4, -0.2) is 72.2 Å². The van der Waals surface area contributed by atoms with E-state index in [2.05, 4.69) is 21.3 Å². The number of amides is 2. The Morgan fingerprint density at radius 1 is 1.37 bits per heavy atom. The summed E-state index contributed by atoms with van der Waals surface area (Å²) in [5.74, 6) is -0.856. The molecule has 156 valence electrons. The number of hydrogen-bond acceptors (Lipinski definition) is 7. The first kappa shape index (κ1) is 20.4. The lowest BCUT2D eigenvalue weighted by molar-refractivity contribution is -0.129. The van der Waals surface area contributed by atoms with Crippen molar-refractivity contribution in [3.8, 4) is 6.07 Å². The van der Waals surface area contributed by atoms with Gasteiger partial charge in [-0.1, -0.05) is 0 Å². The van der Waals surface area contributed by atoms with Crippen molar-refractivity contribution in [1.29, 1.82) is 5.26 Å². The molecule has 2 aromatic rings. The summed E-state index contributed by atoms with van der Waals surface area (Å²) < 4.78 is 20.0. The summed E-state index contributed by atoms with van der Waals surface area (Å²) >= 11 is 1.48. The van der Waals surface area contributed by atoms with E-state index in [1.807, 2.05) is 6.07 Å². The summed E-state index contributed by atoms with van der Waals surface area (Å²) in [4.78, 5) is 32.8. The molecule has 0 radical (unpaired) electrons. The number of thioether (sulfide) groups is 1. The fourth-order valence-electron chi connectivity index (χ4n) is 3.55. The molecular weight excluding hydrogens is 409 g/mol. The number of carbonyl (C=O) groups excluding carboxylic acids is 2. The minimum atomic E-state index is -0.752. The van der Waals surface area contributed by atoms with Gasteiger partial charge in [-0.05, 0) is 18.2 Å². The maximum atomic E-state index is 14.6. The van der Waals surface area contributed by atoms with Crippen LogP contribution in [0.2, 0.25) is 0 Å². The largest absolute Gasteiger partial charge is 0.378 e. The first-order chi connectivity index (χ1) is 14.6. The van der Waals surface area contributed by atoms with Gasteiger partial charge in [0.05, 0.1) is 49.0 Å². The van der Waals surface area contributed by atoms with Crippen molar-refractivity contribution < 1.29 is 18.7 Å². The van der Waals surface area contributed by atoms with E-state index in [9.17, 15) is 14.0 Å². The fourth-order valence-corrected chi connectivity index (χ4v) is 4.65. The van der Waals surface area contributed by atoms with Crippen LogP contribution >= 0.6 is 11.8 Å². The maximum absolute atomic E-state index is 14.6. The normalized spacial score (nSPS) is 19.0. The quantitative estimate of drug-likeness (QED) is 0.784. The Hall–Kier alpha value is -2.90. The van der Waals surface area contributed by atoms with Crippen LogP contribution in [0.25, 0.3) is 10.9 Å². The predicted molar refractivity (Wildman–Crippen MR) is 111 cm³/mol. The first-order valence-corrected chi connectivity index (χ1v) is 10.7. The van der Waals surface area contributed by atoms with Crippen LogP contribution in [0.5, 0.6) is 0 Å². The second kappa shape index (κ2) is 8.85. The molecule has 4 rings (SSSR count). The third kappa shape index (κ3) is 4.04. The van der Waals surface area contributed by atoms with Crippen molar-refractivity contribution in [3.63, 3.8) is 0 Å². The molecule has 10 heteroatoms. The molecule has 1 atom stereocenters. The van der Waals surface area contributed by atoms with Crippen LogP contribution in [0.15, 0.2) is 24.4 Å². The summed E-state index contributed by atoms with van der Waals surface area (Å²) in [6.45, 7) is 2.32. The molecule has 1 unspecified atom stereocenters. The Morgan fingerprint density at radius 2 is 2.17 bits per heavy atom. The number of halogens is 1. The Bertz CT molecular complexity index is 1020. The second-order valence-corrected chi connectivity index (χ2v) is 7.97. The molecule has 30 heavy (non-hydrogen) atoms. The number of rotatable bonds is 4. The van der Waals surface area contributed by atoms with Crippen LogP contribution in [0.1, 0.15) is 10.4 Å². The summed E-state index contributed by atoms with van der Waals surface area (Å²) in [7, 11) is 0. The number of morpholine rings is 1. The molecule has 1 aromatic heterocycles. The number of carbonyl (C=O) groups is 2. The van der Waals surface area contributed by atoms with Gasteiger partial charge in [-0.15, -0.1) is 11.8 Å². The Labute approximate surface area is 177 Å². The minimum absolute atomic E-state index is 0.143. The molecular formula is C20H20FN5O3S. The second-order valence-electron chi connectivity index (χ2n) is 6.97. The molecule has 0 saturated carbocycles. The third-order valence-corrected chi connectivity index (χ3v) is 6.17. The minimum Gasteiger partial charge on any atom is -0.378 e. The summed E-state index contributed by atoms with van der Waals surface area (Å²) in [6, 6.07) is 6.95. The zero-order valence-corrected chi connectivity index (χ0v) is 17.0. The van der Waals surface area contributed by atoms with Gasteiger partial charge in [0.2, 0.25) is 5.91 Å². The lowest BCUT2D eigenvalue weighted by Gasteiger charge is -2.29. The van der Waals surface area contributed by atoms with Crippen LogP contribution in [0.3, 0.4) is 0 Å². The van der Waals surface area contributed by atoms with E-state index in [-0.39, 0.29) is 18.0 Å². The molecule has 1 aromatic carbocycles. The zero-order chi connectivity index (χ0) is 21.1. The SMILES string of the molecule is N#CC1CSCN1C(=O)CNC(=O)c1c(F)cnc2ccc(N3CCOCC3)cc12. The average Bonchev–Trinajstić information content (AvgIpc) is 3.26. The molecule has 0 bridgehead atoms. The molecule has 2 aliphatic heterocycles. The zero-order valence-electron chi connectivity index (χ0n) is 16.1. The number of pyridine rings is 1. The number of aromatic nitrogens is 1. The van der Waals surface area contributed by atoms with E-state index < -0.39 is 17.8 Å². The van der Waals surface area contributed by atoms with Crippen LogP contribution < -0.4 is 10.2 Å². The van der Waals surface area contributed by atoms with Gasteiger partial charge in [-0.3, -0.25) is 14.6 Å². The summed E-state index contributed by atoms with van der Waals surface area (Å²) in [6.07, 6.45) is 1.01. The number of fused-ring (bicyclic) bond motifs is 1. The van der Waals surface area contributed by atoms with Gasteiger partial charge >= 0.3 is 0 Å². The molecule has 2 fully saturated rings. The molecule has 8 nitrogen and oxygen atoms in total. The number of benzene rings is 1. The third-order valence-electron chi connectivity index (χ3n) is 5.16. The highest BCUT2D eigenvalue weighted by Crippen LogP contribution is 2.26. The fraction of sp³-hybridized carbons (Fsp3) is 0.400. The van der Waals surface area contributed by atoms with E-state index in [1.54, 1.807) is 12.1 Å². The molecule has 2 saturated heterocycles. The number of hydrogen-bond donors (Lipinski definition) is 1. The smallest absolute Gasteiger partial charge is 0.255 e.